The van der Waals surface area contributed by atoms with Crippen LogP contribution in [0.3, 0.4) is 0 Å². The van der Waals surface area contributed by atoms with Crippen molar-refractivity contribution in [1.29, 1.82) is 5.26 Å². The van der Waals surface area contributed by atoms with E-state index in [4.69, 9.17) is 9.99 Å². The molecule has 0 bridgehead atoms. The maximum absolute atomic E-state index is 15.8. The van der Waals surface area contributed by atoms with Gasteiger partial charge >= 0.3 is 12.4 Å². The third kappa shape index (κ3) is 7.49. The molecule has 4 atom stereocenters. The molecular weight excluding hydrogens is 763 g/mol. The summed E-state index contributed by atoms with van der Waals surface area (Å²) in [7, 11) is 1.23. The summed E-state index contributed by atoms with van der Waals surface area (Å²) in [6.07, 6.45) is -8.23. The highest BCUT2D eigenvalue weighted by Gasteiger charge is 2.67. The van der Waals surface area contributed by atoms with Crippen molar-refractivity contribution >= 4 is 35.7 Å². The van der Waals surface area contributed by atoms with Crippen molar-refractivity contribution in [3.05, 3.63) is 59.6 Å². The number of hydrogen-bond acceptors (Lipinski definition) is 8. The normalized spacial score (nSPS) is 24.8. The summed E-state index contributed by atoms with van der Waals surface area (Å²) in [5.74, 6) is -3.99. The zero-order valence-electron chi connectivity index (χ0n) is 24.8. The van der Waals surface area contributed by atoms with E-state index < -0.39 is 64.7 Å². The third-order valence-electron chi connectivity index (χ3n) is 7.58. The number of benzene rings is 1. The van der Waals surface area contributed by atoms with Gasteiger partial charge in [-0.15, -0.1) is 24.0 Å². The molecule has 5 rings (SSSR count). The predicted molar refractivity (Wildman–Crippen MR) is 159 cm³/mol. The number of amides is 1. The lowest BCUT2D eigenvalue weighted by Crippen LogP contribution is -2.61. The molecule has 3 N–H and O–H groups in total. The van der Waals surface area contributed by atoms with Crippen LogP contribution >= 0.6 is 24.0 Å². The Labute approximate surface area is 279 Å². The summed E-state index contributed by atoms with van der Waals surface area (Å²) >= 11 is 0. The van der Waals surface area contributed by atoms with E-state index in [1.54, 1.807) is 6.92 Å². The topological polar surface area (TPSA) is 125 Å². The number of aromatic nitrogens is 2. The van der Waals surface area contributed by atoms with E-state index in [1.807, 2.05) is 6.07 Å². The maximum Gasteiger partial charge on any atom is 0.425 e. The van der Waals surface area contributed by atoms with Crippen molar-refractivity contribution in [2.75, 3.05) is 13.7 Å². The highest BCUT2D eigenvalue weighted by Crippen LogP contribution is 2.49. The van der Waals surface area contributed by atoms with E-state index >= 15 is 4.39 Å². The van der Waals surface area contributed by atoms with Gasteiger partial charge in [-0.3, -0.25) is 15.1 Å². The number of nitrogens with zero attached hydrogens (tertiary/aromatic N) is 4. The zero-order valence-corrected chi connectivity index (χ0v) is 27.1. The molecule has 2 aliphatic heterocycles. The molecule has 1 fully saturated rings. The number of hydrazine groups is 1. The minimum Gasteiger partial charge on any atom is -0.455 e. The first-order chi connectivity index (χ1) is 21.4. The average molecular weight is 792 g/mol. The molecule has 0 radical (unpaired) electrons. The first kappa shape index (κ1) is 38.0. The number of carbonyl (C=O) groups is 1. The van der Waals surface area contributed by atoms with E-state index in [0.717, 1.165) is 41.0 Å². The molecule has 1 aromatic heterocycles. The van der Waals surface area contributed by atoms with Gasteiger partial charge in [0.2, 0.25) is 5.67 Å². The second kappa shape index (κ2) is 13.9. The molecule has 1 aromatic carbocycles. The zero-order chi connectivity index (χ0) is 34.2. The lowest BCUT2D eigenvalue weighted by Gasteiger charge is -2.38. The number of alkyl halides is 8. The summed E-state index contributed by atoms with van der Waals surface area (Å²) < 4.78 is 120. The fraction of sp³-hybridized carbons (Fsp3) is 0.464. The summed E-state index contributed by atoms with van der Waals surface area (Å²) in [6, 6.07) is 2.33. The number of ether oxygens (including phenoxy) is 1. The molecular formula is C28H29F8IN6O4. The smallest absolute Gasteiger partial charge is 0.425 e. The fourth-order valence-electron chi connectivity index (χ4n) is 4.94. The van der Waals surface area contributed by atoms with Crippen molar-refractivity contribution in [3.63, 3.8) is 0 Å². The molecule has 1 saturated carbocycles. The summed E-state index contributed by atoms with van der Waals surface area (Å²) in [5, 5.41) is 23.9. The highest BCUT2D eigenvalue weighted by atomic mass is 127. The quantitative estimate of drug-likeness (QED) is 0.108. The van der Waals surface area contributed by atoms with Crippen LogP contribution in [0.4, 0.5) is 35.1 Å². The van der Waals surface area contributed by atoms with Gasteiger partial charge in [-0.05, 0) is 43.5 Å². The van der Waals surface area contributed by atoms with E-state index in [-0.39, 0.29) is 53.8 Å². The van der Waals surface area contributed by atoms with Gasteiger partial charge < -0.3 is 10.1 Å². The molecule has 0 spiro atoms. The monoisotopic (exact) mass is 792 g/mol. The van der Waals surface area contributed by atoms with E-state index in [1.165, 1.54) is 13.2 Å². The Morgan fingerprint density at radius 3 is 2.40 bits per heavy atom. The van der Waals surface area contributed by atoms with Crippen molar-refractivity contribution < 1.29 is 54.8 Å². The minimum absolute atomic E-state index is 0. The Morgan fingerprint density at radius 2 is 1.87 bits per heavy atom. The Hall–Kier alpha value is -3.48. The second-order valence-corrected chi connectivity index (χ2v) is 10.7. The lowest BCUT2D eigenvalue weighted by molar-refractivity contribution is -0.254. The summed E-state index contributed by atoms with van der Waals surface area (Å²) in [6.45, 7) is 3.03. The Kier molecular flexibility index (Phi) is 11.3. The van der Waals surface area contributed by atoms with Gasteiger partial charge in [-0.2, -0.15) is 41.1 Å². The molecule has 2 aromatic rings. The molecule has 4 unspecified atom stereocenters. The molecule has 3 heterocycles. The van der Waals surface area contributed by atoms with E-state index in [2.05, 4.69) is 20.7 Å². The second-order valence-electron chi connectivity index (χ2n) is 10.7. The molecule has 1 aliphatic carbocycles. The van der Waals surface area contributed by atoms with Crippen LogP contribution in [0.2, 0.25) is 0 Å². The molecule has 10 nitrogen and oxygen atoms in total. The number of fused-ring (bicyclic) bond motifs is 1. The van der Waals surface area contributed by atoms with Gasteiger partial charge in [0.1, 0.15) is 11.6 Å². The summed E-state index contributed by atoms with van der Waals surface area (Å²) in [4.78, 5) is 16.3. The fourth-order valence-corrected chi connectivity index (χ4v) is 4.94. The number of halogens is 9. The van der Waals surface area contributed by atoms with Gasteiger partial charge in [-0.25, -0.2) is 19.4 Å². The average Bonchev–Trinajstić information content (AvgIpc) is 3.46. The lowest BCUT2D eigenvalue weighted by atomic mass is 9.81. The van der Waals surface area contributed by atoms with Crippen LogP contribution in [0, 0.1) is 17.2 Å². The highest BCUT2D eigenvalue weighted by molar-refractivity contribution is 14.0. The van der Waals surface area contributed by atoms with Crippen molar-refractivity contribution in [1.82, 2.24) is 25.5 Å². The van der Waals surface area contributed by atoms with Crippen molar-refractivity contribution in [3.8, 4) is 17.2 Å². The van der Waals surface area contributed by atoms with Gasteiger partial charge in [0.05, 0.1) is 30.0 Å². The minimum atomic E-state index is -5.40. The standard InChI is InChI=1S/C26H22F8N6O2.C2H6O2.HI/c1-13-3-6-18(27)42-19-20(24(13,28)26(32,33)34)38-39(2)22(19)40-11-15(10-36-40)14-4-5-17(25(29,30)31)16(9-14)21(41)37-23(12-35)7-8-23;1-2-4-3;/h3-6,9-11,13,18,20,38H,7-8H2,1-2H3,(H,37,41);3H,2H2,1H3;1H. The van der Waals surface area contributed by atoms with Crippen LogP contribution in [-0.2, 0) is 15.8 Å². The Balaban J connectivity index is 0.00000114. The Morgan fingerprint density at radius 1 is 1.23 bits per heavy atom. The molecule has 47 heavy (non-hydrogen) atoms. The molecule has 19 heteroatoms. The van der Waals surface area contributed by atoms with Gasteiger partial charge in [-0.1, -0.05) is 19.1 Å². The van der Waals surface area contributed by atoms with Gasteiger partial charge in [0.25, 0.3) is 12.3 Å². The predicted octanol–water partition coefficient (Wildman–Crippen LogP) is 6.20. The van der Waals surface area contributed by atoms with Crippen LogP contribution in [0.5, 0.6) is 0 Å². The maximum atomic E-state index is 15.8. The molecule has 258 valence electrons. The van der Waals surface area contributed by atoms with E-state index in [0.29, 0.717) is 18.7 Å². The Bertz CT molecular complexity index is 1570. The molecule has 1 amide bonds. The van der Waals surface area contributed by atoms with Crippen LogP contribution in [0.15, 0.2) is 48.5 Å². The van der Waals surface area contributed by atoms with E-state index in [9.17, 15) is 40.8 Å². The molecule has 3 aliphatic rings. The van der Waals surface area contributed by atoms with Crippen LogP contribution in [0.25, 0.3) is 16.9 Å². The first-order valence-corrected chi connectivity index (χ1v) is 13.7. The van der Waals surface area contributed by atoms with Gasteiger partial charge in [0, 0.05) is 24.7 Å². The van der Waals surface area contributed by atoms with Gasteiger partial charge in [0.15, 0.2) is 11.6 Å². The third-order valence-corrected chi connectivity index (χ3v) is 7.58. The number of carbonyl (C=O) groups excluding carboxylic acids is 1. The number of rotatable bonds is 5. The number of nitrogens with one attached hydrogen (secondary N) is 2. The number of nitriles is 1. The van der Waals surface area contributed by atoms with Crippen LogP contribution in [-0.4, -0.2) is 69.4 Å². The SMILES string of the molecule is CC1C=CC(F)OC2=C(n3cc(-c4ccc(C(F)(F)F)c(C(=O)NC5(C#N)CC5)c4)cn3)N(C)NC2C1(F)C(F)(F)F.CCOO.I. The van der Waals surface area contributed by atoms with Crippen LogP contribution in [0.1, 0.15) is 42.6 Å². The van der Waals surface area contributed by atoms with Crippen molar-refractivity contribution in [2.45, 2.75) is 62.6 Å². The summed E-state index contributed by atoms with van der Waals surface area (Å²) in [5.41, 5.74) is -4.68. The number of allylic oxidation sites excluding steroid dienone is 1. The number of hydrogen-bond donors (Lipinski definition) is 3. The first-order valence-electron chi connectivity index (χ1n) is 13.7. The van der Waals surface area contributed by atoms with Crippen molar-refractivity contribution in [2.24, 2.45) is 5.92 Å². The van der Waals surface area contributed by atoms with Crippen LogP contribution < -0.4 is 10.7 Å². The largest absolute Gasteiger partial charge is 0.455 e. The molecule has 0 saturated heterocycles.